The van der Waals surface area contributed by atoms with Crippen molar-refractivity contribution in [1.29, 1.82) is 0 Å². The summed E-state index contributed by atoms with van der Waals surface area (Å²) in [6.07, 6.45) is 2.09. The van der Waals surface area contributed by atoms with Crippen LogP contribution in [0.25, 0.3) is 0 Å². The van der Waals surface area contributed by atoms with Crippen LogP contribution in [-0.4, -0.2) is 27.5 Å². The number of thioether (sulfide) groups is 1. The van der Waals surface area contributed by atoms with E-state index in [1.54, 1.807) is 0 Å². The highest BCUT2D eigenvalue weighted by Gasteiger charge is 2.59. The zero-order valence-corrected chi connectivity index (χ0v) is 5.73. The maximum absolute atomic E-state index is 10.9. The monoisotopic (exact) mass is 141 g/mol. The van der Waals surface area contributed by atoms with Crippen molar-refractivity contribution >= 4 is 17.7 Å². The Morgan fingerprint density at radius 1 is 1.67 bits per heavy atom. The molecule has 0 N–H and O–H groups in total. The molecule has 2 nitrogen and oxygen atoms in total. The van der Waals surface area contributed by atoms with Crippen molar-refractivity contribution in [2.75, 3.05) is 0 Å². The standard InChI is InChI=1S/C6H7NOS/c8-5-2-6-7(5)3-1-4(3)9-6/h3-4,6H,1-2H2/t3?,4?,6-/m1/s1. The van der Waals surface area contributed by atoms with Gasteiger partial charge in [0.25, 0.3) is 0 Å². The fourth-order valence-corrected chi connectivity index (χ4v) is 3.38. The lowest BCUT2D eigenvalue weighted by Gasteiger charge is -2.35. The third-order valence-corrected chi connectivity index (χ3v) is 3.90. The van der Waals surface area contributed by atoms with Gasteiger partial charge in [0.05, 0.1) is 11.8 Å². The van der Waals surface area contributed by atoms with E-state index in [0.29, 0.717) is 17.3 Å². The number of hydrogen-bond acceptors (Lipinski definition) is 2. The maximum atomic E-state index is 10.9. The molecule has 0 aromatic carbocycles. The van der Waals surface area contributed by atoms with Gasteiger partial charge in [-0.05, 0) is 6.42 Å². The number of fused-ring (bicyclic) bond motifs is 3. The molecular weight excluding hydrogens is 134 g/mol. The van der Waals surface area contributed by atoms with Crippen molar-refractivity contribution in [2.45, 2.75) is 29.5 Å². The molecule has 0 radical (unpaired) electrons. The highest BCUT2D eigenvalue weighted by atomic mass is 32.2. The zero-order valence-electron chi connectivity index (χ0n) is 4.91. The van der Waals surface area contributed by atoms with E-state index < -0.39 is 0 Å². The van der Waals surface area contributed by atoms with Gasteiger partial charge in [0.1, 0.15) is 0 Å². The van der Waals surface area contributed by atoms with Gasteiger partial charge in [-0.3, -0.25) is 4.79 Å². The van der Waals surface area contributed by atoms with Crippen LogP contribution in [0.4, 0.5) is 0 Å². The summed E-state index contributed by atoms with van der Waals surface area (Å²) in [4.78, 5) is 12.9. The van der Waals surface area contributed by atoms with Gasteiger partial charge in [-0.15, -0.1) is 11.8 Å². The van der Waals surface area contributed by atoms with Gasteiger partial charge >= 0.3 is 0 Å². The van der Waals surface area contributed by atoms with Crippen LogP contribution >= 0.6 is 11.8 Å². The maximum Gasteiger partial charge on any atom is 0.226 e. The van der Waals surface area contributed by atoms with E-state index in [1.165, 1.54) is 6.42 Å². The Bertz CT molecular complexity index is 191. The van der Waals surface area contributed by atoms with Crippen molar-refractivity contribution in [3.63, 3.8) is 0 Å². The predicted molar refractivity (Wildman–Crippen MR) is 35.0 cm³/mol. The fourth-order valence-electron chi connectivity index (χ4n) is 1.71. The van der Waals surface area contributed by atoms with Gasteiger partial charge in [0, 0.05) is 11.3 Å². The molecular formula is C6H7NOS. The Labute approximate surface area is 57.6 Å². The first kappa shape index (κ1) is 4.61. The summed E-state index contributed by atoms with van der Waals surface area (Å²) in [6.45, 7) is 0. The molecule has 1 saturated carbocycles. The van der Waals surface area contributed by atoms with E-state index in [4.69, 9.17) is 0 Å². The molecule has 3 heteroatoms. The van der Waals surface area contributed by atoms with E-state index in [9.17, 15) is 4.79 Å². The molecule has 2 saturated heterocycles. The average molecular weight is 141 g/mol. The second-order valence-electron chi connectivity index (χ2n) is 2.94. The molecule has 3 atom stereocenters. The van der Waals surface area contributed by atoms with E-state index in [1.807, 2.05) is 11.8 Å². The topological polar surface area (TPSA) is 20.3 Å². The van der Waals surface area contributed by atoms with Crippen molar-refractivity contribution in [2.24, 2.45) is 0 Å². The van der Waals surface area contributed by atoms with Crippen molar-refractivity contribution < 1.29 is 4.79 Å². The third kappa shape index (κ3) is 0.397. The van der Waals surface area contributed by atoms with Gasteiger partial charge in [-0.25, -0.2) is 0 Å². The minimum atomic E-state index is 0.387. The van der Waals surface area contributed by atoms with Crippen molar-refractivity contribution in [3.8, 4) is 0 Å². The molecule has 48 valence electrons. The number of hydrogen-bond donors (Lipinski definition) is 0. The summed E-state index contributed by atoms with van der Waals surface area (Å²) in [5, 5.41) is 1.43. The molecule has 9 heavy (non-hydrogen) atoms. The Morgan fingerprint density at radius 3 is 3.11 bits per heavy atom. The lowest BCUT2D eigenvalue weighted by molar-refractivity contribution is -0.141. The average Bonchev–Trinajstić information content (AvgIpc) is 2.42. The van der Waals surface area contributed by atoms with Crippen molar-refractivity contribution in [1.82, 2.24) is 4.90 Å². The summed E-state index contributed by atoms with van der Waals surface area (Å²) in [6, 6.07) is 0.668. The Morgan fingerprint density at radius 2 is 2.56 bits per heavy atom. The first-order chi connectivity index (χ1) is 4.36. The molecule has 1 aliphatic carbocycles. The molecule has 3 fully saturated rings. The molecule has 1 amide bonds. The SMILES string of the molecule is O=C1C[C@H]2SC3CC3N12. The molecule has 0 aromatic heterocycles. The first-order valence-corrected chi connectivity index (χ1v) is 4.27. The largest absolute Gasteiger partial charge is 0.326 e. The van der Waals surface area contributed by atoms with Crippen LogP contribution in [0.5, 0.6) is 0 Å². The smallest absolute Gasteiger partial charge is 0.226 e. The molecule has 0 aromatic rings. The molecule has 3 rings (SSSR count). The lowest BCUT2D eigenvalue weighted by atomic mass is 10.2. The molecule has 0 bridgehead atoms. The van der Waals surface area contributed by atoms with Gasteiger partial charge < -0.3 is 4.90 Å². The summed E-state index contributed by atoms with van der Waals surface area (Å²) >= 11 is 2.00. The predicted octanol–water partition coefficient (Wildman–Crippen LogP) is 0.432. The van der Waals surface area contributed by atoms with Gasteiger partial charge in [0.2, 0.25) is 5.91 Å². The summed E-state index contributed by atoms with van der Waals surface area (Å²) in [7, 11) is 0. The molecule has 2 aliphatic heterocycles. The number of rotatable bonds is 0. The van der Waals surface area contributed by atoms with Crippen LogP contribution in [0.1, 0.15) is 12.8 Å². The third-order valence-electron chi connectivity index (χ3n) is 2.34. The normalized spacial score (nSPS) is 52.2. The Hall–Kier alpha value is -0.180. The van der Waals surface area contributed by atoms with Gasteiger partial charge in [0.15, 0.2) is 0 Å². The number of carbonyl (C=O) groups excluding carboxylic acids is 1. The Kier molecular flexibility index (Phi) is 0.586. The number of amides is 1. The summed E-state index contributed by atoms with van der Waals surface area (Å²) < 4.78 is 0. The number of carbonyl (C=O) groups is 1. The second kappa shape index (κ2) is 1.15. The highest BCUT2D eigenvalue weighted by Crippen LogP contribution is 2.55. The van der Waals surface area contributed by atoms with E-state index in [-0.39, 0.29) is 0 Å². The fraction of sp³-hybridized carbons (Fsp3) is 0.833. The highest BCUT2D eigenvalue weighted by molar-refractivity contribution is 8.01. The summed E-state index contributed by atoms with van der Waals surface area (Å²) in [5.74, 6) is 0.387. The zero-order chi connectivity index (χ0) is 6.01. The van der Waals surface area contributed by atoms with Crippen LogP contribution < -0.4 is 0 Å². The minimum absolute atomic E-state index is 0.387. The molecule has 2 heterocycles. The van der Waals surface area contributed by atoms with Gasteiger partial charge in [-0.2, -0.15) is 0 Å². The molecule has 0 spiro atoms. The molecule has 2 unspecified atom stereocenters. The second-order valence-corrected chi connectivity index (χ2v) is 4.36. The van der Waals surface area contributed by atoms with E-state index in [0.717, 1.165) is 11.7 Å². The number of nitrogens with zero attached hydrogens (tertiary/aromatic N) is 1. The minimum Gasteiger partial charge on any atom is -0.326 e. The van der Waals surface area contributed by atoms with Crippen molar-refractivity contribution in [3.05, 3.63) is 0 Å². The van der Waals surface area contributed by atoms with Gasteiger partial charge in [-0.1, -0.05) is 0 Å². The Balaban J connectivity index is 1.95. The quantitative estimate of drug-likeness (QED) is 0.456. The molecule has 3 aliphatic rings. The summed E-state index contributed by atoms with van der Waals surface area (Å²) in [5.41, 5.74) is 0. The van der Waals surface area contributed by atoms with Crippen LogP contribution in [0.3, 0.4) is 0 Å². The van der Waals surface area contributed by atoms with E-state index in [2.05, 4.69) is 4.90 Å². The van der Waals surface area contributed by atoms with E-state index >= 15 is 0 Å². The first-order valence-electron chi connectivity index (χ1n) is 3.33. The van der Waals surface area contributed by atoms with Crippen LogP contribution in [0, 0.1) is 0 Å². The van der Waals surface area contributed by atoms with Crippen LogP contribution in [0.2, 0.25) is 0 Å². The number of β-lactam (4-membered cyclic amide) rings is 1. The van der Waals surface area contributed by atoms with Crippen LogP contribution in [0.15, 0.2) is 0 Å². The van der Waals surface area contributed by atoms with Crippen LogP contribution in [-0.2, 0) is 4.79 Å². The lowest BCUT2D eigenvalue weighted by Crippen LogP contribution is -2.49.